The first-order valence-electron chi connectivity index (χ1n) is 2.63. The van der Waals surface area contributed by atoms with Crippen LogP contribution >= 0.6 is 14.6 Å². The summed E-state index contributed by atoms with van der Waals surface area (Å²) in [5, 5.41) is 0. The highest BCUT2D eigenvalue weighted by Gasteiger charge is 2.27. The zero-order chi connectivity index (χ0) is 8.36. The molecule has 0 aromatic carbocycles. The molecule has 0 aromatic rings. The number of rotatable bonds is 3. The van der Waals surface area contributed by atoms with Crippen LogP contribution in [0.15, 0.2) is 0 Å². The average molecular weight is 202 g/mol. The van der Waals surface area contributed by atoms with Crippen molar-refractivity contribution in [3.63, 3.8) is 0 Å². The summed E-state index contributed by atoms with van der Waals surface area (Å²) in [7, 11) is -2.53. The molecule has 0 aliphatic rings. The van der Waals surface area contributed by atoms with Gasteiger partial charge in [0.15, 0.2) is 6.42 Å². The lowest BCUT2D eigenvalue weighted by Gasteiger charge is -2.12. The molecule has 7 heteroatoms. The second-order valence-electron chi connectivity index (χ2n) is 2.09. The van der Waals surface area contributed by atoms with E-state index in [1.165, 1.54) is 0 Å². The molecule has 4 nitrogen and oxygen atoms in total. The Morgan fingerprint density at radius 1 is 1.70 bits per heavy atom. The highest BCUT2D eigenvalue weighted by molar-refractivity contribution is 8.12. The highest BCUT2D eigenvalue weighted by atomic mass is 32.4. The molecule has 0 spiro atoms. The first-order valence-corrected chi connectivity index (χ1v) is 6.66. The Hall–Kier alpha value is 0.630. The Morgan fingerprint density at radius 3 is 2.20 bits per heavy atom. The van der Waals surface area contributed by atoms with Gasteiger partial charge < -0.3 is 4.89 Å². The van der Waals surface area contributed by atoms with Crippen LogP contribution in [0.25, 0.3) is 0 Å². The SMILES string of the molecule is CC(C)P(O)(=S)N[P+](=O)O. The number of hydrogen-bond acceptors (Lipinski definition) is 2. The fourth-order valence-electron chi connectivity index (χ4n) is 0.238. The van der Waals surface area contributed by atoms with Crippen LogP contribution in [-0.4, -0.2) is 15.4 Å². The highest BCUT2D eigenvalue weighted by Crippen LogP contribution is 2.45. The van der Waals surface area contributed by atoms with E-state index in [0.717, 1.165) is 0 Å². The summed E-state index contributed by atoms with van der Waals surface area (Å²) in [5.74, 6) is 0. The van der Waals surface area contributed by atoms with Gasteiger partial charge in [-0.05, 0) is 21.2 Å². The van der Waals surface area contributed by atoms with Crippen molar-refractivity contribution in [2.45, 2.75) is 19.5 Å². The predicted molar refractivity (Wildman–Crippen MR) is 44.6 cm³/mol. The van der Waals surface area contributed by atoms with E-state index in [0.29, 0.717) is 0 Å². The second-order valence-corrected chi connectivity index (χ2v) is 7.38. The molecule has 0 heterocycles. The van der Waals surface area contributed by atoms with Gasteiger partial charge in [-0.25, -0.2) is 0 Å². The van der Waals surface area contributed by atoms with Gasteiger partial charge >= 0.3 is 8.18 Å². The van der Waals surface area contributed by atoms with Gasteiger partial charge in [-0.15, -0.1) is 4.89 Å². The Balaban J connectivity index is 4.14. The summed E-state index contributed by atoms with van der Waals surface area (Å²) in [6.45, 7) is 3.40. The van der Waals surface area contributed by atoms with Gasteiger partial charge in [0.1, 0.15) is 0 Å². The monoisotopic (exact) mass is 202 g/mol. The van der Waals surface area contributed by atoms with E-state index in [1.54, 1.807) is 13.8 Å². The average Bonchev–Trinajstić information content (AvgIpc) is 1.60. The minimum Gasteiger partial charge on any atom is -0.351 e. The van der Waals surface area contributed by atoms with Gasteiger partial charge in [0.2, 0.25) is 0 Å². The predicted octanol–water partition coefficient (Wildman–Crippen LogP) is 0.936. The third-order valence-corrected chi connectivity index (χ3v) is 6.16. The van der Waals surface area contributed by atoms with E-state index in [4.69, 9.17) is 4.89 Å². The quantitative estimate of drug-likeness (QED) is 0.594. The van der Waals surface area contributed by atoms with Crippen molar-refractivity contribution in [2.24, 2.45) is 0 Å². The van der Waals surface area contributed by atoms with E-state index < -0.39 is 14.6 Å². The van der Waals surface area contributed by atoms with Gasteiger partial charge in [-0.3, -0.25) is 0 Å². The molecular weight excluding hydrogens is 192 g/mol. The maximum atomic E-state index is 10.2. The number of hydrogen-bond donors (Lipinski definition) is 3. The molecule has 0 aromatic heterocycles. The fraction of sp³-hybridized carbons (Fsp3) is 1.00. The molecule has 3 N–H and O–H groups in total. The molecule has 0 bridgehead atoms. The van der Waals surface area contributed by atoms with Crippen molar-refractivity contribution in [1.82, 2.24) is 4.86 Å². The first-order chi connectivity index (χ1) is 4.36. The van der Waals surface area contributed by atoms with E-state index >= 15 is 0 Å². The minimum atomic E-state index is -2.77. The summed E-state index contributed by atoms with van der Waals surface area (Å²) in [6, 6.07) is 0. The molecule has 10 heavy (non-hydrogen) atoms. The van der Waals surface area contributed by atoms with Crippen LogP contribution in [0.2, 0.25) is 0 Å². The van der Waals surface area contributed by atoms with Gasteiger partial charge in [-0.2, -0.15) is 0 Å². The molecule has 2 unspecified atom stereocenters. The molecule has 0 saturated carbocycles. The standard InChI is InChI=1S/C3H9NO3P2S/c1-3(2)9(7,10)4-8(5)6/h3H,1-2H3,(H2-,4,5,6,7,10)/p+1. The van der Waals surface area contributed by atoms with Crippen LogP contribution in [0.5, 0.6) is 0 Å². The molecule has 0 rings (SSSR count). The van der Waals surface area contributed by atoms with Crippen LogP contribution < -0.4 is 4.86 Å². The zero-order valence-electron chi connectivity index (χ0n) is 5.68. The lowest BCUT2D eigenvalue weighted by molar-refractivity contribution is 0.496. The Morgan fingerprint density at radius 2 is 2.10 bits per heavy atom. The summed E-state index contributed by atoms with van der Waals surface area (Å²) >= 11 is 4.66. The zero-order valence-corrected chi connectivity index (χ0v) is 8.29. The van der Waals surface area contributed by atoms with Crippen LogP contribution in [0.3, 0.4) is 0 Å². The van der Waals surface area contributed by atoms with Crippen molar-refractivity contribution in [2.75, 3.05) is 0 Å². The molecule has 2 atom stereocenters. The van der Waals surface area contributed by atoms with E-state index in [2.05, 4.69) is 16.7 Å². The normalized spacial score (nSPS) is 18.7. The van der Waals surface area contributed by atoms with E-state index in [-0.39, 0.29) is 5.66 Å². The first kappa shape index (κ1) is 10.6. The Labute approximate surface area is 65.7 Å². The van der Waals surface area contributed by atoms with Crippen LogP contribution in [0.4, 0.5) is 0 Å². The van der Waals surface area contributed by atoms with Crippen LogP contribution in [-0.2, 0) is 16.4 Å². The van der Waals surface area contributed by atoms with Gasteiger partial charge in [-0.1, -0.05) is 13.8 Å². The topological polar surface area (TPSA) is 69.6 Å². The van der Waals surface area contributed by atoms with Gasteiger partial charge in [0.25, 0.3) is 0 Å². The van der Waals surface area contributed by atoms with E-state index in [9.17, 15) is 9.46 Å². The lowest BCUT2D eigenvalue weighted by atomic mass is 10.6. The smallest absolute Gasteiger partial charge is 0.351 e. The van der Waals surface area contributed by atoms with Crippen molar-refractivity contribution in [3.8, 4) is 0 Å². The van der Waals surface area contributed by atoms with Gasteiger partial charge in [0, 0.05) is 5.66 Å². The molecule has 60 valence electrons. The second kappa shape index (κ2) is 3.86. The van der Waals surface area contributed by atoms with E-state index in [1.807, 2.05) is 0 Å². The minimum absolute atomic E-state index is 0.173. The molecule has 0 fully saturated rings. The molecular formula is C3H10NO3P2S+. The fourth-order valence-corrected chi connectivity index (χ4v) is 2.77. The molecule has 0 saturated heterocycles. The van der Waals surface area contributed by atoms with Crippen molar-refractivity contribution in [3.05, 3.63) is 0 Å². The Bertz CT molecular complexity index is 183. The molecule has 0 amide bonds. The van der Waals surface area contributed by atoms with Crippen molar-refractivity contribution < 1.29 is 14.4 Å². The number of nitrogens with one attached hydrogen (secondary N) is 1. The van der Waals surface area contributed by atoms with Crippen LogP contribution in [0.1, 0.15) is 13.8 Å². The summed E-state index contributed by atoms with van der Waals surface area (Å²) in [4.78, 5) is 19.6. The summed E-state index contributed by atoms with van der Waals surface area (Å²) < 4.78 is 10.2. The molecule has 0 radical (unpaired) electrons. The largest absolute Gasteiger partial charge is 0.617 e. The summed E-state index contributed by atoms with van der Waals surface area (Å²) in [5.41, 5.74) is -0.173. The maximum Gasteiger partial charge on any atom is 0.617 e. The van der Waals surface area contributed by atoms with Crippen LogP contribution in [0, 0.1) is 0 Å². The molecule has 0 aliphatic carbocycles. The van der Waals surface area contributed by atoms with Crippen molar-refractivity contribution >= 4 is 26.4 Å². The Kier molecular flexibility index (Phi) is 4.10. The van der Waals surface area contributed by atoms with Crippen molar-refractivity contribution in [1.29, 1.82) is 0 Å². The maximum absolute atomic E-state index is 10.2. The van der Waals surface area contributed by atoms with Gasteiger partial charge in [0.05, 0.1) is 0 Å². The molecule has 0 aliphatic heterocycles. The third-order valence-electron chi connectivity index (χ3n) is 0.929. The third kappa shape index (κ3) is 3.71. The summed E-state index contributed by atoms with van der Waals surface area (Å²) in [6.07, 6.45) is -2.77. The lowest BCUT2D eigenvalue weighted by Crippen LogP contribution is -2.08.